The van der Waals surface area contributed by atoms with Crippen LogP contribution in [0.3, 0.4) is 0 Å². The molecular formula is C18H14OTe. The average Bonchev–Trinajstić information content (AvgIpc) is 2.47. The van der Waals surface area contributed by atoms with E-state index in [9.17, 15) is 4.79 Å². The molecule has 1 nitrogen and oxygen atoms in total. The Morgan fingerprint density at radius 3 is 2.45 bits per heavy atom. The van der Waals surface area contributed by atoms with E-state index in [1.165, 1.54) is 18.4 Å². The minimum atomic E-state index is -0.395. The van der Waals surface area contributed by atoms with Crippen molar-refractivity contribution in [2.24, 2.45) is 0 Å². The van der Waals surface area contributed by atoms with E-state index in [2.05, 4.69) is 48.5 Å². The summed E-state index contributed by atoms with van der Waals surface area (Å²) >= 11 is -0.395. The molecule has 0 unspecified atom stereocenters. The fourth-order valence-electron chi connectivity index (χ4n) is 2.24. The number of benzene rings is 2. The maximum absolute atomic E-state index is 11.5. The Morgan fingerprint density at radius 1 is 1.00 bits per heavy atom. The molecule has 2 heteroatoms. The summed E-state index contributed by atoms with van der Waals surface area (Å²) in [6, 6.07) is 18.9. The first-order chi connectivity index (χ1) is 9.74. The minimum absolute atomic E-state index is 0.0981. The second-order valence-electron chi connectivity index (χ2n) is 4.68. The molecule has 1 aliphatic heterocycles. The summed E-state index contributed by atoms with van der Waals surface area (Å²) < 4.78 is 2.80. The number of carbonyl (C=O) groups excluding carboxylic acids is 1. The normalized spacial score (nSPS) is 15.7. The van der Waals surface area contributed by atoms with Crippen LogP contribution in [0, 0.1) is 0 Å². The number of hydrogen-bond donors (Lipinski definition) is 0. The first kappa shape index (κ1) is 13.4. The Bertz CT molecular complexity index is 711. The van der Waals surface area contributed by atoms with Crippen molar-refractivity contribution in [2.45, 2.75) is 6.92 Å². The number of ketones is 1. The van der Waals surface area contributed by atoms with Gasteiger partial charge >= 0.3 is 129 Å². The molecule has 0 fully saturated rings. The number of hydrogen-bond acceptors (Lipinski definition) is 1. The van der Waals surface area contributed by atoms with Gasteiger partial charge in [-0.05, 0) is 0 Å². The predicted octanol–water partition coefficient (Wildman–Crippen LogP) is 3.04. The van der Waals surface area contributed by atoms with Crippen LogP contribution < -0.4 is 3.61 Å². The standard InChI is InChI=1S/C18H14OTe/c1-13(19)11-15-12-18(14-7-3-2-4-8-14)20-17-10-6-5-9-16(15)17/h2-12H,1H3/b15-11+. The van der Waals surface area contributed by atoms with E-state index in [1.807, 2.05) is 12.1 Å². The molecule has 0 atom stereocenters. The number of fused-ring (bicyclic) bond motifs is 1. The van der Waals surface area contributed by atoms with Crippen LogP contribution in [-0.2, 0) is 4.79 Å². The first-order valence-corrected chi connectivity index (χ1v) is 8.84. The molecule has 0 saturated carbocycles. The van der Waals surface area contributed by atoms with E-state index in [-0.39, 0.29) is 5.78 Å². The molecule has 0 saturated heterocycles. The van der Waals surface area contributed by atoms with E-state index in [1.54, 1.807) is 13.0 Å². The van der Waals surface area contributed by atoms with Gasteiger partial charge in [0.05, 0.1) is 0 Å². The second kappa shape index (κ2) is 5.79. The van der Waals surface area contributed by atoms with Gasteiger partial charge in [-0.2, -0.15) is 0 Å². The van der Waals surface area contributed by atoms with Crippen molar-refractivity contribution in [3.8, 4) is 0 Å². The van der Waals surface area contributed by atoms with Crippen molar-refractivity contribution >= 4 is 39.5 Å². The average molecular weight is 374 g/mol. The molecule has 20 heavy (non-hydrogen) atoms. The van der Waals surface area contributed by atoms with Crippen LogP contribution >= 0.6 is 0 Å². The number of allylic oxidation sites excluding steroid dienone is 3. The summed E-state index contributed by atoms with van der Waals surface area (Å²) in [7, 11) is 0. The molecule has 0 bridgehead atoms. The molecule has 1 heterocycles. The zero-order valence-electron chi connectivity index (χ0n) is 11.2. The topological polar surface area (TPSA) is 17.1 Å². The van der Waals surface area contributed by atoms with E-state index in [0.717, 1.165) is 5.57 Å². The zero-order valence-corrected chi connectivity index (χ0v) is 13.5. The summed E-state index contributed by atoms with van der Waals surface area (Å²) in [4.78, 5) is 11.5. The summed E-state index contributed by atoms with van der Waals surface area (Å²) in [5.74, 6) is 0.0981. The van der Waals surface area contributed by atoms with E-state index < -0.39 is 20.9 Å². The van der Waals surface area contributed by atoms with Gasteiger partial charge in [0.15, 0.2) is 0 Å². The van der Waals surface area contributed by atoms with Crippen LogP contribution in [0.25, 0.3) is 9.19 Å². The Balaban J connectivity index is 2.12. The Morgan fingerprint density at radius 2 is 1.70 bits per heavy atom. The van der Waals surface area contributed by atoms with Gasteiger partial charge in [-0.1, -0.05) is 0 Å². The van der Waals surface area contributed by atoms with E-state index >= 15 is 0 Å². The van der Waals surface area contributed by atoms with Gasteiger partial charge in [0.2, 0.25) is 0 Å². The van der Waals surface area contributed by atoms with Gasteiger partial charge in [0.1, 0.15) is 0 Å². The molecular weight excluding hydrogens is 360 g/mol. The molecule has 0 aliphatic carbocycles. The summed E-state index contributed by atoms with van der Waals surface area (Å²) in [5.41, 5.74) is 3.55. The molecule has 2 aromatic carbocycles. The van der Waals surface area contributed by atoms with Crippen LogP contribution in [0.4, 0.5) is 0 Å². The fraction of sp³-hybridized carbons (Fsp3) is 0.0556. The molecule has 0 aromatic heterocycles. The van der Waals surface area contributed by atoms with Gasteiger partial charge in [0.25, 0.3) is 0 Å². The van der Waals surface area contributed by atoms with Crippen molar-refractivity contribution < 1.29 is 4.79 Å². The van der Waals surface area contributed by atoms with Gasteiger partial charge < -0.3 is 0 Å². The third kappa shape index (κ3) is 2.77. The van der Waals surface area contributed by atoms with Gasteiger partial charge in [0, 0.05) is 0 Å². The Labute approximate surface area is 129 Å². The SMILES string of the molecule is CC(=O)/C=C1\C=C(c2ccccc2)[Te]c2ccccc21. The Hall–Kier alpha value is -1.62. The molecule has 0 N–H and O–H groups in total. The summed E-state index contributed by atoms with van der Waals surface area (Å²) in [5, 5.41) is 0. The summed E-state index contributed by atoms with van der Waals surface area (Å²) in [6.45, 7) is 1.61. The number of carbonyl (C=O) groups is 1. The van der Waals surface area contributed by atoms with Gasteiger partial charge in [-0.25, -0.2) is 0 Å². The molecule has 0 spiro atoms. The van der Waals surface area contributed by atoms with Crippen LogP contribution in [0.2, 0.25) is 0 Å². The quantitative estimate of drug-likeness (QED) is 0.584. The first-order valence-electron chi connectivity index (χ1n) is 6.51. The van der Waals surface area contributed by atoms with Crippen molar-refractivity contribution in [3.05, 3.63) is 77.9 Å². The molecule has 98 valence electrons. The monoisotopic (exact) mass is 376 g/mol. The van der Waals surface area contributed by atoms with Crippen LogP contribution in [0.15, 0.2) is 66.7 Å². The van der Waals surface area contributed by atoms with Crippen LogP contribution in [0.1, 0.15) is 18.1 Å². The maximum atomic E-state index is 11.5. The van der Waals surface area contributed by atoms with Crippen molar-refractivity contribution in [1.82, 2.24) is 0 Å². The third-order valence-corrected chi connectivity index (χ3v) is 6.40. The van der Waals surface area contributed by atoms with E-state index in [0.29, 0.717) is 0 Å². The van der Waals surface area contributed by atoms with Gasteiger partial charge in [-0.15, -0.1) is 0 Å². The predicted molar refractivity (Wildman–Crippen MR) is 84.9 cm³/mol. The zero-order chi connectivity index (χ0) is 13.9. The molecule has 0 amide bonds. The third-order valence-electron chi connectivity index (χ3n) is 3.12. The summed E-state index contributed by atoms with van der Waals surface area (Å²) in [6.07, 6.45) is 3.94. The van der Waals surface area contributed by atoms with Crippen molar-refractivity contribution in [1.29, 1.82) is 0 Å². The molecule has 0 radical (unpaired) electrons. The van der Waals surface area contributed by atoms with Crippen LogP contribution in [0.5, 0.6) is 0 Å². The molecule has 1 aliphatic rings. The fourth-order valence-corrected chi connectivity index (χ4v) is 5.44. The molecule has 2 aromatic rings. The van der Waals surface area contributed by atoms with Crippen molar-refractivity contribution in [3.63, 3.8) is 0 Å². The molecule has 3 rings (SSSR count). The Kier molecular flexibility index (Phi) is 3.87. The van der Waals surface area contributed by atoms with Crippen LogP contribution in [-0.4, -0.2) is 26.7 Å². The van der Waals surface area contributed by atoms with Crippen molar-refractivity contribution in [2.75, 3.05) is 0 Å². The van der Waals surface area contributed by atoms with Gasteiger partial charge in [-0.3, -0.25) is 0 Å². The number of rotatable bonds is 2. The second-order valence-corrected chi connectivity index (χ2v) is 7.78. The van der Waals surface area contributed by atoms with E-state index in [4.69, 9.17) is 0 Å².